The molecule has 1 aromatic rings. The first-order valence-electron chi connectivity index (χ1n) is 6.36. The third kappa shape index (κ3) is 5.52. The first-order chi connectivity index (χ1) is 9.93. The van der Waals surface area contributed by atoms with Gasteiger partial charge in [0.1, 0.15) is 0 Å². The van der Waals surface area contributed by atoms with Crippen molar-refractivity contribution in [1.29, 1.82) is 0 Å². The number of methoxy groups -OCH3 is 1. The Bertz CT molecular complexity index is 530. The van der Waals surface area contributed by atoms with Crippen LogP contribution in [0.25, 0.3) is 0 Å². The molecule has 0 fully saturated rings. The zero-order valence-corrected chi connectivity index (χ0v) is 12.0. The number of hydrogen-bond donors (Lipinski definition) is 2. The molecule has 0 aromatic heterocycles. The Balaban J connectivity index is 2.42. The van der Waals surface area contributed by atoms with Crippen molar-refractivity contribution in [2.75, 3.05) is 26.0 Å². The number of rotatable bonds is 6. The first-order valence-corrected chi connectivity index (χ1v) is 6.36. The fourth-order valence-electron chi connectivity index (χ4n) is 1.68. The van der Waals surface area contributed by atoms with Crippen LogP contribution in [0.1, 0.15) is 23.2 Å². The van der Waals surface area contributed by atoms with E-state index in [1.807, 2.05) is 0 Å². The van der Waals surface area contributed by atoms with Gasteiger partial charge in [0.15, 0.2) is 0 Å². The minimum atomic E-state index is -1.05. The molecule has 21 heavy (non-hydrogen) atoms. The van der Waals surface area contributed by atoms with E-state index in [1.54, 1.807) is 19.2 Å². The van der Waals surface area contributed by atoms with Gasteiger partial charge in [-0.1, -0.05) is 6.07 Å². The van der Waals surface area contributed by atoms with E-state index in [1.165, 1.54) is 24.1 Å². The van der Waals surface area contributed by atoms with Crippen LogP contribution in [0.3, 0.4) is 0 Å². The summed E-state index contributed by atoms with van der Waals surface area (Å²) in [5.74, 6) is -1.29. The number of carbonyl (C=O) groups is 3. The van der Waals surface area contributed by atoms with E-state index in [0.29, 0.717) is 18.7 Å². The molecule has 0 saturated carbocycles. The molecule has 2 N–H and O–H groups in total. The molecular weight excluding hydrogens is 276 g/mol. The van der Waals surface area contributed by atoms with Crippen LogP contribution in [0.2, 0.25) is 0 Å². The number of benzene rings is 1. The highest BCUT2D eigenvalue weighted by Gasteiger charge is 2.09. The van der Waals surface area contributed by atoms with Gasteiger partial charge in [-0.05, 0) is 24.6 Å². The molecule has 7 heteroatoms. The molecule has 2 amide bonds. The minimum Gasteiger partial charge on any atom is -0.478 e. The van der Waals surface area contributed by atoms with Crippen LogP contribution >= 0.6 is 0 Å². The molecule has 0 saturated heterocycles. The topological polar surface area (TPSA) is 95.9 Å². The average Bonchev–Trinajstić information content (AvgIpc) is 2.46. The number of carboxylic acid groups (broad SMARTS) is 1. The highest BCUT2D eigenvalue weighted by molar-refractivity contribution is 5.93. The summed E-state index contributed by atoms with van der Waals surface area (Å²) >= 11 is 0. The number of amides is 2. The fraction of sp³-hybridized carbons (Fsp3) is 0.357. The van der Waals surface area contributed by atoms with Crippen LogP contribution in [-0.2, 0) is 9.53 Å². The Hall–Kier alpha value is -2.57. The number of aromatic carboxylic acids is 1. The quantitative estimate of drug-likeness (QED) is 0.834. The molecule has 1 rings (SSSR count). The van der Waals surface area contributed by atoms with Gasteiger partial charge in [0.25, 0.3) is 0 Å². The van der Waals surface area contributed by atoms with Crippen molar-refractivity contribution >= 4 is 23.7 Å². The van der Waals surface area contributed by atoms with Crippen molar-refractivity contribution in [2.24, 2.45) is 0 Å². The van der Waals surface area contributed by atoms with Crippen LogP contribution in [-0.4, -0.2) is 48.7 Å². The number of ether oxygens (including phenoxy) is 1. The monoisotopic (exact) mass is 294 g/mol. The molecule has 114 valence electrons. The second-order valence-electron chi connectivity index (χ2n) is 4.43. The zero-order chi connectivity index (χ0) is 15.8. The second kappa shape index (κ2) is 7.88. The maximum Gasteiger partial charge on any atom is 0.409 e. The molecule has 0 atom stereocenters. The SMILES string of the molecule is COC(=O)N(C)CCCC(=O)Nc1cccc(C(=O)O)c1. The molecule has 0 aliphatic carbocycles. The molecule has 0 aliphatic heterocycles. The predicted molar refractivity (Wildman–Crippen MR) is 76.3 cm³/mol. The van der Waals surface area contributed by atoms with E-state index >= 15 is 0 Å². The van der Waals surface area contributed by atoms with Crippen LogP contribution in [0.15, 0.2) is 24.3 Å². The second-order valence-corrected chi connectivity index (χ2v) is 4.43. The Morgan fingerprint density at radius 1 is 1.33 bits per heavy atom. The summed E-state index contributed by atoms with van der Waals surface area (Å²) in [6, 6.07) is 6.01. The minimum absolute atomic E-state index is 0.109. The number of anilines is 1. The Kier molecular flexibility index (Phi) is 6.19. The lowest BCUT2D eigenvalue weighted by Crippen LogP contribution is -2.28. The van der Waals surface area contributed by atoms with Gasteiger partial charge in [0, 0.05) is 25.7 Å². The number of hydrogen-bond acceptors (Lipinski definition) is 4. The Morgan fingerprint density at radius 2 is 2.05 bits per heavy atom. The molecule has 0 spiro atoms. The van der Waals surface area contributed by atoms with Crippen molar-refractivity contribution in [2.45, 2.75) is 12.8 Å². The molecular formula is C14H18N2O5. The molecule has 0 radical (unpaired) electrons. The maximum atomic E-state index is 11.7. The standard InChI is InChI=1S/C14H18N2O5/c1-16(14(20)21-2)8-4-7-12(17)15-11-6-3-5-10(9-11)13(18)19/h3,5-6,9H,4,7-8H2,1-2H3,(H,15,17)(H,18,19). The van der Waals surface area contributed by atoms with Gasteiger partial charge in [-0.3, -0.25) is 4.79 Å². The van der Waals surface area contributed by atoms with Gasteiger partial charge in [0.05, 0.1) is 12.7 Å². The van der Waals surface area contributed by atoms with E-state index < -0.39 is 12.1 Å². The van der Waals surface area contributed by atoms with E-state index in [-0.39, 0.29) is 17.9 Å². The van der Waals surface area contributed by atoms with Crippen molar-refractivity contribution < 1.29 is 24.2 Å². The van der Waals surface area contributed by atoms with Gasteiger partial charge in [-0.15, -0.1) is 0 Å². The van der Waals surface area contributed by atoms with E-state index in [0.717, 1.165) is 0 Å². The fourth-order valence-corrected chi connectivity index (χ4v) is 1.68. The van der Waals surface area contributed by atoms with Crippen LogP contribution in [0, 0.1) is 0 Å². The van der Waals surface area contributed by atoms with E-state index in [2.05, 4.69) is 10.1 Å². The van der Waals surface area contributed by atoms with Gasteiger partial charge >= 0.3 is 12.1 Å². The number of carboxylic acids is 1. The highest BCUT2D eigenvalue weighted by atomic mass is 16.5. The summed E-state index contributed by atoms with van der Waals surface area (Å²) in [7, 11) is 2.88. The van der Waals surface area contributed by atoms with Gasteiger partial charge in [-0.2, -0.15) is 0 Å². The average molecular weight is 294 g/mol. The zero-order valence-electron chi connectivity index (χ0n) is 12.0. The van der Waals surface area contributed by atoms with Crippen LogP contribution < -0.4 is 5.32 Å². The lowest BCUT2D eigenvalue weighted by atomic mass is 10.2. The van der Waals surface area contributed by atoms with Crippen molar-refractivity contribution in [3.05, 3.63) is 29.8 Å². The Morgan fingerprint density at radius 3 is 2.67 bits per heavy atom. The maximum absolute atomic E-state index is 11.7. The summed E-state index contributed by atoms with van der Waals surface area (Å²) in [6.45, 7) is 0.398. The molecule has 0 aliphatic rings. The molecule has 0 unspecified atom stereocenters. The van der Waals surface area contributed by atoms with Crippen molar-refractivity contribution in [3.8, 4) is 0 Å². The third-order valence-corrected chi connectivity index (χ3v) is 2.78. The van der Waals surface area contributed by atoms with E-state index in [9.17, 15) is 14.4 Å². The molecule has 0 bridgehead atoms. The predicted octanol–water partition coefficient (Wildman–Crippen LogP) is 1.80. The van der Waals surface area contributed by atoms with Crippen LogP contribution in [0.4, 0.5) is 10.5 Å². The van der Waals surface area contributed by atoms with Crippen LogP contribution in [0.5, 0.6) is 0 Å². The number of nitrogens with one attached hydrogen (secondary N) is 1. The smallest absolute Gasteiger partial charge is 0.409 e. The first kappa shape index (κ1) is 16.5. The number of nitrogens with zero attached hydrogens (tertiary/aromatic N) is 1. The molecule has 0 heterocycles. The summed E-state index contributed by atoms with van der Waals surface area (Å²) in [4.78, 5) is 35.0. The largest absolute Gasteiger partial charge is 0.478 e. The summed E-state index contributed by atoms with van der Waals surface area (Å²) in [5, 5.41) is 11.5. The Labute approximate surface area is 122 Å². The van der Waals surface area contributed by atoms with Crippen molar-refractivity contribution in [3.63, 3.8) is 0 Å². The van der Waals surface area contributed by atoms with Gasteiger partial charge in [-0.25, -0.2) is 9.59 Å². The van der Waals surface area contributed by atoms with E-state index in [4.69, 9.17) is 5.11 Å². The normalized spacial score (nSPS) is 9.81. The number of carbonyl (C=O) groups excluding carboxylic acids is 2. The van der Waals surface area contributed by atoms with Crippen molar-refractivity contribution in [1.82, 2.24) is 4.90 Å². The summed E-state index contributed by atoms with van der Waals surface area (Å²) in [6.07, 6.45) is 0.249. The third-order valence-electron chi connectivity index (χ3n) is 2.78. The molecule has 7 nitrogen and oxygen atoms in total. The lowest BCUT2D eigenvalue weighted by molar-refractivity contribution is -0.116. The summed E-state index contributed by atoms with van der Waals surface area (Å²) in [5.41, 5.74) is 0.541. The molecule has 1 aromatic carbocycles. The van der Waals surface area contributed by atoms with Gasteiger partial charge < -0.3 is 20.1 Å². The van der Waals surface area contributed by atoms with Gasteiger partial charge in [0.2, 0.25) is 5.91 Å². The lowest BCUT2D eigenvalue weighted by Gasteiger charge is -2.14. The highest BCUT2D eigenvalue weighted by Crippen LogP contribution is 2.11. The summed E-state index contributed by atoms with van der Waals surface area (Å²) < 4.78 is 4.53.